The predicted molar refractivity (Wildman–Crippen MR) is 96.6 cm³/mol. The van der Waals surface area contributed by atoms with Crippen LogP contribution in [-0.4, -0.2) is 29.0 Å². The fourth-order valence-corrected chi connectivity index (χ4v) is 4.37. The normalized spacial score (nSPS) is 18.0. The van der Waals surface area contributed by atoms with Crippen molar-refractivity contribution in [2.45, 2.75) is 18.8 Å². The standard InChI is InChI=1S/C18H18N4OS/c19-16(23)13-6-3-9-20-17(13)22-10-4-5-12(11-22)18-21-14-7-1-2-8-15(14)24-18/h1-3,6-9,12H,4-5,10-11H2,(H2,19,23)/t12-/m1/s1. The molecule has 0 spiro atoms. The number of benzene rings is 1. The second-order valence-corrected chi connectivity index (χ2v) is 7.11. The van der Waals surface area contributed by atoms with Crippen molar-refractivity contribution < 1.29 is 4.79 Å². The number of carbonyl (C=O) groups is 1. The SMILES string of the molecule is NC(=O)c1cccnc1N1CCC[C@@H](c2nc3ccccc3s2)C1. The number of rotatable bonds is 3. The van der Waals surface area contributed by atoms with Crippen molar-refractivity contribution in [3.05, 3.63) is 53.2 Å². The van der Waals surface area contributed by atoms with Gasteiger partial charge < -0.3 is 10.6 Å². The number of nitrogens with two attached hydrogens (primary N) is 1. The first-order valence-electron chi connectivity index (χ1n) is 8.07. The molecule has 122 valence electrons. The summed E-state index contributed by atoms with van der Waals surface area (Å²) in [5.74, 6) is 0.620. The highest BCUT2D eigenvalue weighted by molar-refractivity contribution is 7.18. The molecule has 0 bridgehead atoms. The first-order valence-corrected chi connectivity index (χ1v) is 8.89. The van der Waals surface area contributed by atoms with Crippen LogP contribution < -0.4 is 10.6 Å². The van der Waals surface area contributed by atoms with Gasteiger partial charge in [0.05, 0.1) is 20.8 Å². The molecule has 4 rings (SSSR count). The highest BCUT2D eigenvalue weighted by Gasteiger charge is 2.26. The zero-order chi connectivity index (χ0) is 16.5. The summed E-state index contributed by atoms with van der Waals surface area (Å²) in [6.45, 7) is 1.70. The van der Waals surface area contributed by atoms with Crippen LogP contribution in [0.15, 0.2) is 42.6 Å². The van der Waals surface area contributed by atoms with Gasteiger partial charge >= 0.3 is 0 Å². The Morgan fingerprint density at radius 3 is 2.96 bits per heavy atom. The van der Waals surface area contributed by atoms with Crippen LogP contribution in [0.25, 0.3) is 10.2 Å². The quantitative estimate of drug-likeness (QED) is 0.796. The molecule has 0 unspecified atom stereocenters. The molecule has 3 heterocycles. The highest BCUT2D eigenvalue weighted by Crippen LogP contribution is 2.34. The van der Waals surface area contributed by atoms with Crippen LogP contribution in [0.4, 0.5) is 5.82 Å². The van der Waals surface area contributed by atoms with Crippen LogP contribution in [0, 0.1) is 0 Å². The lowest BCUT2D eigenvalue weighted by Crippen LogP contribution is -2.36. The van der Waals surface area contributed by atoms with Gasteiger partial charge in [0, 0.05) is 25.2 Å². The molecule has 1 aliphatic rings. The minimum absolute atomic E-state index is 0.360. The number of fused-ring (bicyclic) bond motifs is 1. The van der Waals surface area contributed by atoms with E-state index in [0.717, 1.165) is 36.5 Å². The van der Waals surface area contributed by atoms with Gasteiger partial charge in [-0.1, -0.05) is 12.1 Å². The van der Waals surface area contributed by atoms with Gasteiger partial charge in [0.15, 0.2) is 0 Å². The van der Waals surface area contributed by atoms with E-state index >= 15 is 0 Å². The third-order valence-electron chi connectivity index (χ3n) is 4.43. The van der Waals surface area contributed by atoms with Crippen LogP contribution in [0.3, 0.4) is 0 Å². The summed E-state index contributed by atoms with van der Waals surface area (Å²) in [6, 6.07) is 11.7. The molecule has 0 radical (unpaired) electrons. The van der Waals surface area contributed by atoms with Gasteiger partial charge in [-0.15, -0.1) is 11.3 Å². The molecule has 6 heteroatoms. The van der Waals surface area contributed by atoms with Crippen molar-refractivity contribution in [2.24, 2.45) is 5.73 Å². The average Bonchev–Trinajstić information content (AvgIpc) is 3.06. The van der Waals surface area contributed by atoms with Gasteiger partial charge in [-0.05, 0) is 37.1 Å². The van der Waals surface area contributed by atoms with Gasteiger partial charge in [0.1, 0.15) is 5.82 Å². The Morgan fingerprint density at radius 1 is 1.25 bits per heavy atom. The maximum absolute atomic E-state index is 11.7. The third-order valence-corrected chi connectivity index (χ3v) is 5.63. The van der Waals surface area contributed by atoms with Gasteiger partial charge in [-0.3, -0.25) is 4.79 Å². The van der Waals surface area contributed by atoms with Crippen LogP contribution in [0.1, 0.15) is 34.1 Å². The van der Waals surface area contributed by atoms with Crippen molar-refractivity contribution in [3.63, 3.8) is 0 Å². The van der Waals surface area contributed by atoms with Crippen molar-refractivity contribution in [1.29, 1.82) is 0 Å². The summed E-state index contributed by atoms with van der Waals surface area (Å²) < 4.78 is 1.22. The Hall–Kier alpha value is -2.47. The molecule has 2 N–H and O–H groups in total. The number of pyridine rings is 1. The van der Waals surface area contributed by atoms with Crippen LogP contribution in [0.2, 0.25) is 0 Å². The monoisotopic (exact) mass is 338 g/mol. The Bertz CT molecular complexity index is 858. The number of carbonyl (C=O) groups excluding carboxylic acids is 1. The van der Waals surface area contributed by atoms with Crippen molar-refractivity contribution in [1.82, 2.24) is 9.97 Å². The number of amides is 1. The number of para-hydroxylation sites is 1. The number of thiazole rings is 1. The van der Waals surface area contributed by atoms with E-state index in [0.29, 0.717) is 17.3 Å². The summed E-state index contributed by atoms with van der Waals surface area (Å²) in [7, 11) is 0. The molecular formula is C18H18N4OS. The van der Waals surface area contributed by atoms with Crippen molar-refractivity contribution in [3.8, 4) is 0 Å². The van der Waals surface area contributed by atoms with E-state index in [-0.39, 0.29) is 0 Å². The number of anilines is 1. The van der Waals surface area contributed by atoms with E-state index in [2.05, 4.69) is 22.0 Å². The van der Waals surface area contributed by atoms with Crippen molar-refractivity contribution >= 4 is 33.3 Å². The summed E-state index contributed by atoms with van der Waals surface area (Å²) >= 11 is 1.76. The van der Waals surface area contributed by atoms with E-state index in [1.54, 1.807) is 29.7 Å². The Balaban J connectivity index is 1.63. The minimum atomic E-state index is -0.430. The molecule has 1 atom stereocenters. The van der Waals surface area contributed by atoms with E-state index < -0.39 is 5.91 Å². The van der Waals surface area contributed by atoms with Crippen LogP contribution in [-0.2, 0) is 0 Å². The fraction of sp³-hybridized carbons (Fsp3) is 0.278. The largest absolute Gasteiger partial charge is 0.365 e. The maximum atomic E-state index is 11.7. The number of nitrogens with zero attached hydrogens (tertiary/aromatic N) is 3. The van der Waals surface area contributed by atoms with E-state index in [1.165, 1.54) is 4.70 Å². The molecule has 5 nitrogen and oxygen atoms in total. The van der Waals surface area contributed by atoms with Gasteiger partial charge in [0.2, 0.25) is 0 Å². The molecule has 1 aromatic carbocycles. The molecule has 3 aromatic rings. The summed E-state index contributed by atoms with van der Waals surface area (Å²) in [6.07, 6.45) is 3.87. The van der Waals surface area contributed by atoms with E-state index in [9.17, 15) is 4.79 Å². The third kappa shape index (κ3) is 2.73. The second kappa shape index (κ2) is 6.20. The van der Waals surface area contributed by atoms with Gasteiger partial charge in [-0.25, -0.2) is 9.97 Å². The first kappa shape index (κ1) is 15.1. The van der Waals surface area contributed by atoms with E-state index in [4.69, 9.17) is 10.7 Å². The molecule has 1 amide bonds. The number of primary amides is 1. The predicted octanol–water partition coefficient (Wildman–Crippen LogP) is 3.17. The minimum Gasteiger partial charge on any atom is -0.365 e. The molecule has 1 saturated heterocycles. The average molecular weight is 338 g/mol. The lowest BCUT2D eigenvalue weighted by atomic mass is 9.98. The van der Waals surface area contributed by atoms with Gasteiger partial charge in [0.25, 0.3) is 5.91 Å². The molecule has 1 fully saturated rings. The maximum Gasteiger partial charge on any atom is 0.252 e. The Labute approximate surface area is 144 Å². The summed E-state index contributed by atoms with van der Waals surface area (Å²) in [4.78, 5) is 23.1. The van der Waals surface area contributed by atoms with Crippen LogP contribution in [0.5, 0.6) is 0 Å². The zero-order valence-electron chi connectivity index (χ0n) is 13.2. The number of hydrogen-bond donors (Lipinski definition) is 1. The summed E-state index contributed by atoms with van der Waals surface area (Å²) in [5, 5.41) is 1.16. The number of hydrogen-bond acceptors (Lipinski definition) is 5. The topological polar surface area (TPSA) is 72.1 Å². The van der Waals surface area contributed by atoms with Crippen molar-refractivity contribution in [2.75, 3.05) is 18.0 Å². The number of aromatic nitrogens is 2. The first-order chi connectivity index (χ1) is 11.7. The van der Waals surface area contributed by atoms with Gasteiger partial charge in [-0.2, -0.15) is 0 Å². The molecule has 0 aliphatic carbocycles. The molecule has 24 heavy (non-hydrogen) atoms. The lowest BCUT2D eigenvalue weighted by molar-refractivity contribution is 0.100. The number of piperidine rings is 1. The van der Waals surface area contributed by atoms with Crippen LogP contribution >= 0.6 is 11.3 Å². The lowest BCUT2D eigenvalue weighted by Gasteiger charge is -2.33. The van der Waals surface area contributed by atoms with E-state index in [1.807, 2.05) is 12.1 Å². The smallest absolute Gasteiger partial charge is 0.252 e. The highest BCUT2D eigenvalue weighted by atomic mass is 32.1. The Kier molecular flexibility index (Phi) is 3.90. The molecular weight excluding hydrogens is 320 g/mol. The molecule has 1 aliphatic heterocycles. The zero-order valence-corrected chi connectivity index (χ0v) is 14.0. The summed E-state index contributed by atoms with van der Waals surface area (Å²) in [5.41, 5.74) is 7.05. The molecule has 0 saturated carbocycles. The molecule has 2 aromatic heterocycles. The fourth-order valence-electron chi connectivity index (χ4n) is 3.28. The Morgan fingerprint density at radius 2 is 2.12 bits per heavy atom. The second-order valence-electron chi connectivity index (χ2n) is 6.04.